The van der Waals surface area contributed by atoms with Crippen molar-refractivity contribution in [3.05, 3.63) is 47.7 Å². The zero-order valence-electron chi connectivity index (χ0n) is 14.1. The predicted molar refractivity (Wildman–Crippen MR) is 96.2 cm³/mol. The van der Waals surface area contributed by atoms with Gasteiger partial charge in [0.2, 0.25) is 0 Å². The maximum Gasteiger partial charge on any atom is 0.487 e. The first-order chi connectivity index (χ1) is 12.9. The van der Waals surface area contributed by atoms with Crippen LogP contribution in [0.4, 0.5) is 20.3 Å². The Balaban J connectivity index is 1.71. The maximum absolute atomic E-state index is 12.6. The number of amides is 1. The van der Waals surface area contributed by atoms with Gasteiger partial charge >= 0.3 is 5.57 Å². The van der Waals surface area contributed by atoms with Crippen molar-refractivity contribution in [3.63, 3.8) is 0 Å². The fourth-order valence-electron chi connectivity index (χ4n) is 2.79. The van der Waals surface area contributed by atoms with Gasteiger partial charge in [-0.3, -0.25) is 4.79 Å². The van der Waals surface area contributed by atoms with Gasteiger partial charge in [0.25, 0.3) is 5.91 Å². The Bertz CT molecular complexity index is 872. The fourth-order valence-corrected chi connectivity index (χ4v) is 2.88. The van der Waals surface area contributed by atoms with E-state index in [1.807, 2.05) is 4.90 Å². The summed E-state index contributed by atoms with van der Waals surface area (Å²) in [6, 6.07) is 8.86. The monoisotopic (exact) mass is 392 g/mol. The smallest absolute Gasteiger partial charge is 0.420 e. The van der Waals surface area contributed by atoms with Crippen LogP contribution in [-0.2, 0) is 0 Å². The second-order valence-corrected chi connectivity index (χ2v) is 6.37. The minimum absolute atomic E-state index is 0.142. The zero-order valence-corrected chi connectivity index (χ0v) is 14.8. The van der Waals surface area contributed by atoms with Crippen molar-refractivity contribution in [2.75, 3.05) is 23.3 Å². The molecule has 0 unspecified atom stereocenters. The molecule has 1 fully saturated rings. The zero-order chi connectivity index (χ0) is 19.4. The predicted octanol–water partition coefficient (Wildman–Crippen LogP) is 3.97. The van der Waals surface area contributed by atoms with Crippen molar-refractivity contribution in [3.8, 4) is 11.8 Å². The second kappa shape index (κ2) is 7.76. The summed E-state index contributed by atoms with van der Waals surface area (Å²) in [5.41, 5.74) is -2.88. The lowest BCUT2D eigenvalue weighted by Gasteiger charge is -2.17. The van der Waals surface area contributed by atoms with E-state index in [1.54, 1.807) is 0 Å². The maximum atomic E-state index is 12.6. The number of nitrogens with one attached hydrogen (secondary N) is 1. The van der Waals surface area contributed by atoms with E-state index in [9.17, 15) is 18.8 Å². The summed E-state index contributed by atoms with van der Waals surface area (Å²) in [7, 11) is 0. The van der Waals surface area contributed by atoms with Gasteiger partial charge in [0.15, 0.2) is 0 Å². The molecule has 1 N–H and O–H groups in total. The summed E-state index contributed by atoms with van der Waals surface area (Å²) in [4.78, 5) is 18.7. The number of halogens is 3. The number of nitrogens with zero attached hydrogens (tertiary/aromatic N) is 3. The largest absolute Gasteiger partial charge is 0.487 e. The highest BCUT2D eigenvalue weighted by Crippen LogP contribution is 2.26. The number of ether oxygens (including phenoxy) is 1. The number of carbonyl (C=O) groups is 1. The summed E-state index contributed by atoms with van der Waals surface area (Å²) in [5.74, 6) is -0.0326. The minimum Gasteiger partial charge on any atom is -0.420 e. The quantitative estimate of drug-likeness (QED) is 0.779. The van der Waals surface area contributed by atoms with Crippen LogP contribution in [0.5, 0.6) is 5.75 Å². The van der Waals surface area contributed by atoms with E-state index in [4.69, 9.17) is 11.6 Å². The first-order valence-electron chi connectivity index (χ1n) is 8.18. The Kier molecular flexibility index (Phi) is 5.42. The van der Waals surface area contributed by atoms with Gasteiger partial charge in [-0.15, -0.1) is 8.78 Å². The van der Waals surface area contributed by atoms with Crippen molar-refractivity contribution >= 4 is 29.0 Å². The van der Waals surface area contributed by atoms with Crippen molar-refractivity contribution in [1.82, 2.24) is 4.98 Å². The summed E-state index contributed by atoms with van der Waals surface area (Å²) in [6.45, 7) is 1.67. The molecule has 1 saturated heterocycles. The van der Waals surface area contributed by atoms with Crippen molar-refractivity contribution in [2.45, 2.75) is 18.4 Å². The molecule has 1 aliphatic rings. The molecule has 9 heteroatoms. The van der Waals surface area contributed by atoms with Gasteiger partial charge in [-0.05, 0) is 43.2 Å². The highest BCUT2D eigenvalue weighted by molar-refractivity contribution is 6.20. The lowest BCUT2D eigenvalue weighted by Crippen LogP contribution is -2.21. The molecule has 1 amide bonds. The molecule has 0 radical (unpaired) electrons. The molecule has 3 rings (SSSR count). The van der Waals surface area contributed by atoms with Gasteiger partial charge in [0.05, 0.1) is 11.1 Å². The molecule has 6 nitrogen and oxygen atoms in total. The van der Waals surface area contributed by atoms with Crippen LogP contribution in [0.2, 0.25) is 0 Å². The molecule has 0 aliphatic carbocycles. The van der Waals surface area contributed by atoms with Crippen LogP contribution in [0.25, 0.3) is 0 Å². The first kappa shape index (κ1) is 18.9. The average Bonchev–Trinajstić information content (AvgIpc) is 3.16. The van der Waals surface area contributed by atoms with E-state index in [1.165, 1.54) is 36.5 Å². The van der Waals surface area contributed by atoms with Crippen LogP contribution >= 0.6 is 11.6 Å². The molecule has 0 saturated carbocycles. The third-order valence-corrected chi connectivity index (χ3v) is 4.08. The Hall–Kier alpha value is -2.92. The topological polar surface area (TPSA) is 78.2 Å². The molecular weight excluding hydrogens is 378 g/mol. The molecule has 1 aromatic heterocycles. The van der Waals surface area contributed by atoms with Crippen molar-refractivity contribution in [2.24, 2.45) is 0 Å². The Labute approximate surface area is 159 Å². The first-order valence-corrected chi connectivity index (χ1v) is 8.56. The Morgan fingerprint density at radius 3 is 2.56 bits per heavy atom. The lowest BCUT2D eigenvalue weighted by atomic mass is 10.1. The van der Waals surface area contributed by atoms with Gasteiger partial charge in [-0.1, -0.05) is 0 Å². The number of aromatic nitrogens is 1. The number of benzene rings is 1. The number of anilines is 2. The molecular formula is C18H15ClF2N4O2. The highest BCUT2D eigenvalue weighted by Gasteiger charge is 2.27. The van der Waals surface area contributed by atoms with E-state index in [0.717, 1.165) is 25.9 Å². The number of hydrogen-bond donors (Lipinski definition) is 1. The minimum atomic E-state index is -3.80. The molecule has 0 spiro atoms. The third-order valence-electron chi connectivity index (χ3n) is 4.00. The molecule has 1 aromatic carbocycles. The highest BCUT2D eigenvalue weighted by atomic mass is 35.5. The van der Waals surface area contributed by atoms with Gasteiger partial charge in [0.1, 0.15) is 17.6 Å². The van der Waals surface area contributed by atoms with E-state index in [-0.39, 0.29) is 11.3 Å². The van der Waals surface area contributed by atoms with Crippen LogP contribution in [0.15, 0.2) is 36.5 Å². The second-order valence-electron chi connectivity index (χ2n) is 5.93. The number of hydrogen-bond acceptors (Lipinski definition) is 5. The van der Waals surface area contributed by atoms with Gasteiger partial charge in [-0.25, -0.2) is 4.98 Å². The average molecular weight is 393 g/mol. The fraction of sp³-hybridized carbons (Fsp3) is 0.278. The van der Waals surface area contributed by atoms with Gasteiger partial charge in [-0.2, -0.15) is 5.26 Å². The standard InChI is InChI=1S/C18H15ClF2N4O2/c19-18(20,21)27-15-5-3-14(4-6-15)24-17(26)13-9-12(10-22)16(23-11-13)25-7-1-2-8-25/h3-6,9,11H,1-2,7-8H2,(H,24,26). The normalized spacial score (nSPS) is 13.9. The molecule has 1 aliphatic heterocycles. The van der Waals surface area contributed by atoms with Crippen LogP contribution in [0.3, 0.4) is 0 Å². The molecule has 140 valence electrons. The van der Waals surface area contributed by atoms with E-state index in [2.05, 4.69) is 21.1 Å². The van der Waals surface area contributed by atoms with E-state index >= 15 is 0 Å². The van der Waals surface area contributed by atoms with Gasteiger partial charge in [0, 0.05) is 36.6 Å². The van der Waals surface area contributed by atoms with Crippen LogP contribution in [-0.4, -0.2) is 29.5 Å². The van der Waals surface area contributed by atoms with E-state index < -0.39 is 11.5 Å². The number of carbonyl (C=O) groups excluding carboxylic acids is 1. The number of nitriles is 1. The number of rotatable bonds is 5. The Morgan fingerprint density at radius 1 is 1.30 bits per heavy atom. The summed E-state index contributed by atoms with van der Waals surface area (Å²) in [6.07, 6.45) is 3.50. The van der Waals surface area contributed by atoms with Crippen LogP contribution in [0.1, 0.15) is 28.8 Å². The molecule has 2 heterocycles. The Morgan fingerprint density at radius 2 is 1.96 bits per heavy atom. The van der Waals surface area contributed by atoms with Crippen LogP contribution in [0, 0.1) is 11.3 Å². The molecule has 2 aromatic rings. The lowest BCUT2D eigenvalue weighted by molar-refractivity contribution is -0.0964. The molecule has 27 heavy (non-hydrogen) atoms. The number of pyridine rings is 1. The van der Waals surface area contributed by atoms with Gasteiger partial charge < -0.3 is 15.0 Å². The van der Waals surface area contributed by atoms with Crippen molar-refractivity contribution < 1.29 is 18.3 Å². The number of alkyl halides is 3. The molecule has 0 atom stereocenters. The SMILES string of the molecule is N#Cc1cc(C(=O)Nc2ccc(OC(F)(F)Cl)cc2)cnc1N1CCCC1. The van der Waals surface area contributed by atoms with E-state index in [0.29, 0.717) is 17.1 Å². The van der Waals surface area contributed by atoms with Crippen molar-refractivity contribution in [1.29, 1.82) is 5.26 Å². The summed E-state index contributed by atoms with van der Waals surface area (Å²) >= 11 is 4.70. The summed E-state index contributed by atoms with van der Waals surface area (Å²) < 4.78 is 29.4. The van der Waals surface area contributed by atoms with Crippen LogP contribution < -0.4 is 15.0 Å². The summed E-state index contributed by atoms with van der Waals surface area (Å²) in [5, 5.41) is 12.0. The third kappa shape index (κ3) is 4.83. The molecule has 0 bridgehead atoms.